The number of nitrogens with zero attached hydrogens (tertiary/aromatic N) is 1. The fourth-order valence-electron chi connectivity index (χ4n) is 5.41. The first kappa shape index (κ1) is 40.6. The Morgan fingerprint density at radius 3 is 1.03 bits per heavy atom. The van der Waals surface area contributed by atoms with E-state index in [0.717, 1.165) is 12.8 Å². The predicted molar refractivity (Wildman–Crippen MR) is 176 cm³/mol. The molecular weight excluding hydrogens is 478 g/mol. The summed E-state index contributed by atoms with van der Waals surface area (Å²) in [5.41, 5.74) is 0. The van der Waals surface area contributed by atoms with Gasteiger partial charge in [-0.1, -0.05) is 175 Å². The van der Waals surface area contributed by atoms with Gasteiger partial charge in [-0.2, -0.15) is 0 Å². The molecule has 3 heteroatoms. The number of aliphatic carboxylic acids is 1. The lowest BCUT2D eigenvalue weighted by atomic mass is 10.0. The van der Waals surface area contributed by atoms with E-state index in [4.69, 9.17) is 5.11 Å². The molecule has 0 aromatic heterocycles. The van der Waals surface area contributed by atoms with Crippen LogP contribution in [0.5, 0.6) is 0 Å². The Labute approximate surface area is 247 Å². The minimum Gasteiger partial charge on any atom is -0.481 e. The van der Waals surface area contributed by atoms with Crippen molar-refractivity contribution in [3.63, 3.8) is 0 Å². The lowest BCUT2D eigenvalue weighted by Gasteiger charge is -2.24. The van der Waals surface area contributed by atoms with Crippen molar-refractivity contribution >= 4 is 5.97 Å². The number of carboxylic acids is 1. The maximum absolute atomic E-state index is 10.3. The van der Waals surface area contributed by atoms with Crippen LogP contribution >= 0.6 is 0 Å². The van der Waals surface area contributed by atoms with E-state index >= 15 is 0 Å². The molecule has 0 radical (unpaired) electrons. The van der Waals surface area contributed by atoms with Crippen molar-refractivity contribution in [2.75, 3.05) is 13.1 Å². The largest absolute Gasteiger partial charge is 0.481 e. The molecule has 0 amide bonds. The second kappa shape index (κ2) is 35.5. The van der Waals surface area contributed by atoms with Gasteiger partial charge in [0.2, 0.25) is 0 Å². The molecule has 0 aliphatic carbocycles. The highest BCUT2D eigenvalue weighted by Gasteiger charge is 2.05. The van der Waals surface area contributed by atoms with E-state index in [9.17, 15) is 4.79 Å². The second-order valence-electron chi connectivity index (χ2n) is 12.4. The molecule has 0 saturated heterocycles. The predicted octanol–water partition coefficient (Wildman–Crippen LogP) is 12.4. The molecule has 0 fully saturated rings. The smallest absolute Gasteiger partial charge is 0.303 e. The number of carboxylic acid groups (broad SMARTS) is 1. The Kier molecular flexibility index (Phi) is 36.9. The fourth-order valence-corrected chi connectivity index (χ4v) is 5.41. The van der Waals surface area contributed by atoms with Gasteiger partial charge in [-0.15, -0.1) is 0 Å². The maximum atomic E-state index is 10.3. The van der Waals surface area contributed by atoms with Crippen LogP contribution in [-0.4, -0.2) is 35.1 Å². The van der Waals surface area contributed by atoms with E-state index in [-0.39, 0.29) is 0 Å². The molecule has 0 aromatic rings. The van der Waals surface area contributed by atoms with Crippen LogP contribution in [0.2, 0.25) is 0 Å². The zero-order valence-electron chi connectivity index (χ0n) is 27.9. The first-order valence-electron chi connectivity index (χ1n) is 17.9. The van der Waals surface area contributed by atoms with Gasteiger partial charge in [-0.25, -0.2) is 0 Å². The molecule has 0 heterocycles. The van der Waals surface area contributed by atoms with Gasteiger partial charge in [0.15, 0.2) is 0 Å². The van der Waals surface area contributed by atoms with E-state index in [1.165, 1.54) is 167 Å². The zero-order valence-corrected chi connectivity index (χ0v) is 27.9. The Hall–Kier alpha value is -0.570. The summed E-state index contributed by atoms with van der Waals surface area (Å²) in [5.74, 6) is -0.653. The van der Waals surface area contributed by atoms with Crippen molar-refractivity contribution in [1.82, 2.24) is 4.90 Å². The van der Waals surface area contributed by atoms with Gasteiger partial charge < -0.3 is 10.0 Å². The summed E-state index contributed by atoms with van der Waals surface area (Å²) >= 11 is 0. The van der Waals surface area contributed by atoms with Crippen molar-refractivity contribution < 1.29 is 9.90 Å². The first-order valence-corrected chi connectivity index (χ1v) is 17.9. The van der Waals surface area contributed by atoms with Crippen molar-refractivity contribution in [1.29, 1.82) is 0 Å². The Balaban J connectivity index is 0. The van der Waals surface area contributed by atoms with Crippen LogP contribution in [0.4, 0.5) is 0 Å². The summed E-state index contributed by atoms with van der Waals surface area (Å²) < 4.78 is 0. The average molecular weight is 554 g/mol. The average Bonchev–Trinajstić information content (AvgIpc) is 2.91. The normalized spacial score (nSPS) is 11.3. The van der Waals surface area contributed by atoms with Crippen LogP contribution in [-0.2, 0) is 4.79 Å². The summed E-state index contributed by atoms with van der Waals surface area (Å²) in [7, 11) is 0. The molecule has 1 N–H and O–H groups in total. The monoisotopic (exact) mass is 554 g/mol. The molecule has 0 aromatic carbocycles. The van der Waals surface area contributed by atoms with Crippen molar-refractivity contribution in [3.05, 3.63) is 0 Å². The van der Waals surface area contributed by atoms with Crippen LogP contribution in [0.25, 0.3) is 0 Å². The summed E-state index contributed by atoms with van der Waals surface area (Å²) in [4.78, 5) is 12.9. The third-order valence-electron chi connectivity index (χ3n) is 8.18. The van der Waals surface area contributed by atoms with Gasteiger partial charge in [0.05, 0.1) is 0 Å². The van der Waals surface area contributed by atoms with E-state index in [0.29, 0.717) is 12.5 Å². The van der Waals surface area contributed by atoms with Crippen LogP contribution in [0.3, 0.4) is 0 Å². The number of carbonyl (C=O) groups is 1. The molecule has 3 nitrogen and oxygen atoms in total. The summed E-state index contributed by atoms with van der Waals surface area (Å²) in [5, 5.41) is 8.52. The van der Waals surface area contributed by atoms with E-state index in [2.05, 4.69) is 39.5 Å². The lowest BCUT2D eigenvalue weighted by molar-refractivity contribution is -0.137. The number of hydrogen-bond donors (Lipinski definition) is 1. The van der Waals surface area contributed by atoms with E-state index < -0.39 is 5.97 Å². The molecule has 0 atom stereocenters. The summed E-state index contributed by atoms with van der Waals surface area (Å²) in [6.07, 6.45) is 36.1. The minimum absolute atomic E-state index is 0.345. The minimum atomic E-state index is -0.653. The molecular formula is C36H75NO2. The standard InChI is InChI=1S/C18H39N.C18H36O2/c1-5-7-8-9-10-11-12-13-14-15-16-17-19(6-2)18(3)4;1-2-3-4-5-6-7-8-9-10-11-12-13-14-15-16-17-18(19)20/h18H,5-17H2,1-4H3;2-17H2,1H3,(H,19,20). The molecule has 0 spiro atoms. The van der Waals surface area contributed by atoms with Crippen LogP contribution in [0, 0.1) is 0 Å². The van der Waals surface area contributed by atoms with Crippen LogP contribution in [0.15, 0.2) is 0 Å². The Bertz CT molecular complexity index is 451. The number of hydrogen-bond acceptors (Lipinski definition) is 2. The second-order valence-corrected chi connectivity index (χ2v) is 12.4. The van der Waals surface area contributed by atoms with Crippen molar-refractivity contribution in [3.8, 4) is 0 Å². The van der Waals surface area contributed by atoms with Crippen LogP contribution in [0.1, 0.15) is 208 Å². The van der Waals surface area contributed by atoms with Gasteiger partial charge in [0.1, 0.15) is 0 Å². The maximum Gasteiger partial charge on any atom is 0.303 e. The summed E-state index contributed by atoms with van der Waals surface area (Å²) in [6.45, 7) is 14.0. The zero-order chi connectivity index (χ0) is 29.2. The molecule has 0 rings (SSSR count). The molecule has 0 unspecified atom stereocenters. The van der Waals surface area contributed by atoms with Gasteiger partial charge in [-0.3, -0.25) is 4.79 Å². The SMILES string of the molecule is CCCCCCCCCCCCCCCCCC(=O)O.CCCCCCCCCCCCCN(CC)C(C)C. The van der Waals surface area contributed by atoms with Gasteiger partial charge in [0.25, 0.3) is 0 Å². The molecule has 0 aliphatic rings. The van der Waals surface area contributed by atoms with Crippen LogP contribution < -0.4 is 0 Å². The van der Waals surface area contributed by atoms with Crippen molar-refractivity contribution in [2.45, 2.75) is 214 Å². The third kappa shape index (κ3) is 37.4. The lowest BCUT2D eigenvalue weighted by Crippen LogP contribution is -2.31. The van der Waals surface area contributed by atoms with Gasteiger partial charge in [0, 0.05) is 12.5 Å². The summed E-state index contributed by atoms with van der Waals surface area (Å²) in [6, 6.07) is 0.716. The van der Waals surface area contributed by atoms with E-state index in [1.54, 1.807) is 0 Å². The topological polar surface area (TPSA) is 40.5 Å². The highest BCUT2D eigenvalue weighted by molar-refractivity contribution is 5.66. The van der Waals surface area contributed by atoms with Gasteiger partial charge in [-0.05, 0) is 39.8 Å². The molecule has 236 valence electrons. The quantitative estimate of drug-likeness (QED) is 0.0899. The third-order valence-corrected chi connectivity index (χ3v) is 8.18. The molecule has 0 saturated carbocycles. The number of unbranched alkanes of at least 4 members (excludes halogenated alkanes) is 24. The fraction of sp³-hybridized carbons (Fsp3) is 0.972. The Morgan fingerprint density at radius 1 is 0.487 bits per heavy atom. The van der Waals surface area contributed by atoms with Gasteiger partial charge >= 0.3 is 5.97 Å². The molecule has 0 aliphatic heterocycles. The number of rotatable bonds is 30. The van der Waals surface area contributed by atoms with Crippen molar-refractivity contribution in [2.24, 2.45) is 0 Å². The molecule has 39 heavy (non-hydrogen) atoms. The first-order chi connectivity index (χ1) is 19.0. The highest BCUT2D eigenvalue weighted by atomic mass is 16.4. The van der Waals surface area contributed by atoms with E-state index in [1.807, 2.05) is 0 Å². The molecule has 0 bridgehead atoms. The Morgan fingerprint density at radius 2 is 0.769 bits per heavy atom. The highest BCUT2D eigenvalue weighted by Crippen LogP contribution is 2.14.